The number of aromatic amines is 1. The van der Waals surface area contributed by atoms with Crippen LogP contribution in [-0.4, -0.2) is 36.0 Å². The molecule has 0 aliphatic carbocycles. The SMILES string of the molecule is CCC(CC)CN(CC)S(=O)(=O)c1ccn[nH]1. The maximum absolute atomic E-state index is 12.2. The average molecular weight is 259 g/mol. The van der Waals surface area contributed by atoms with E-state index in [-0.39, 0.29) is 5.03 Å². The Kier molecular flexibility index (Phi) is 5.14. The molecule has 0 saturated carbocycles. The number of sulfonamides is 1. The predicted octanol–water partition coefficient (Wildman–Crippen LogP) is 1.86. The van der Waals surface area contributed by atoms with E-state index in [0.29, 0.717) is 19.0 Å². The van der Waals surface area contributed by atoms with Crippen LogP contribution in [0.1, 0.15) is 33.6 Å². The molecule has 1 rings (SSSR count). The van der Waals surface area contributed by atoms with E-state index in [2.05, 4.69) is 24.0 Å². The second-order valence-electron chi connectivity index (χ2n) is 4.06. The Morgan fingerprint density at radius 3 is 2.41 bits per heavy atom. The molecule has 0 radical (unpaired) electrons. The van der Waals surface area contributed by atoms with Gasteiger partial charge in [-0.15, -0.1) is 0 Å². The van der Waals surface area contributed by atoms with Gasteiger partial charge in [-0.25, -0.2) is 8.42 Å². The van der Waals surface area contributed by atoms with Crippen molar-refractivity contribution in [2.75, 3.05) is 13.1 Å². The topological polar surface area (TPSA) is 66.1 Å². The lowest BCUT2D eigenvalue weighted by Gasteiger charge is -2.23. The Labute approximate surface area is 103 Å². The molecule has 1 N–H and O–H groups in total. The third kappa shape index (κ3) is 3.29. The van der Waals surface area contributed by atoms with Crippen molar-refractivity contribution in [3.63, 3.8) is 0 Å². The van der Waals surface area contributed by atoms with Gasteiger partial charge in [-0.05, 0) is 12.0 Å². The zero-order chi connectivity index (χ0) is 12.9. The summed E-state index contributed by atoms with van der Waals surface area (Å²) in [7, 11) is -3.41. The van der Waals surface area contributed by atoms with Gasteiger partial charge >= 0.3 is 0 Å². The first-order chi connectivity index (χ1) is 8.06. The summed E-state index contributed by atoms with van der Waals surface area (Å²) in [5.74, 6) is 0.410. The fourth-order valence-electron chi connectivity index (χ4n) is 1.76. The van der Waals surface area contributed by atoms with Crippen LogP contribution in [0.15, 0.2) is 17.3 Å². The van der Waals surface area contributed by atoms with Crippen molar-refractivity contribution < 1.29 is 8.42 Å². The first-order valence-electron chi connectivity index (χ1n) is 6.05. The van der Waals surface area contributed by atoms with E-state index >= 15 is 0 Å². The van der Waals surface area contributed by atoms with Gasteiger partial charge in [0.2, 0.25) is 0 Å². The molecule has 0 unspecified atom stereocenters. The lowest BCUT2D eigenvalue weighted by atomic mass is 10.0. The fraction of sp³-hybridized carbons (Fsp3) is 0.727. The lowest BCUT2D eigenvalue weighted by molar-refractivity contribution is 0.338. The maximum atomic E-state index is 12.2. The molecule has 0 atom stereocenters. The van der Waals surface area contributed by atoms with E-state index in [1.807, 2.05) is 6.92 Å². The molecule has 6 heteroatoms. The molecule has 17 heavy (non-hydrogen) atoms. The van der Waals surface area contributed by atoms with Gasteiger partial charge in [0.1, 0.15) is 0 Å². The fourth-order valence-corrected chi connectivity index (χ4v) is 3.18. The Morgan fingerprint density at radius 1 is 1.35 bits per heavy atom. The molecule has 0 saturated heterocycles. The molecule has 1 heterocycles. The van der Waals surface area contributed by atoms with Crippen LogP contribution in [-0.2, 0) is 10.0 Å². The number of nitrogens with zero attached hydrogens (tertiary/aromatic N) is 2. The molecule has 5 nitrogen and oxygen atoms in total. The van der Waals surface area contributed by atoms with Gasteiger partial charge in [0.15, 0.2) is 5.03 Å². The highest BCUT2D eigenvalue weighted by Gasteiger charge is 2.25. The van der Waals surface area contributed by atoms with Crippen LogP contribution >= 0.6 is 0 Å². The minimum Gasteiger partial charge on any atom is -0.266 e. The third-order valence-electron chi connectivity index (χ3n) is 3.06. The molecular weight excluding hydrogens is 238 g/mol. The smallest absolute Gasteiger partial charge is 0.259 e. The van der Waals surface area contributed by atoms with Crippen LogP contribution in [0.4, 0.5) is 0 Å². The van der Waals surface area contributed by atoms with Crippen molar-refractivity contribution in [2.24, 2.45) is 5.92 Å². The number of hydrogen-bond donors (Lipinski definition) is 1. The van der Waals surface area contributed by atoms with Crippen LogP contribution in [0.3, 0.4) is 0 Å². The van der Waals surface area contributed by atoms with Gasteiger partial charge in [0.05, 0.1) is 6.20 Å². The van der Waals surface area contributed by atoms with Crippen molar-refractivity contribution in [1.29, 1.82) is 0 Å². The quantitative estimate of drug-likeness (QED) is 0.812. The molecule has 1 aromatic heterocycles. The Balaban J connectivity index is 2.87. The summed E-state index contributed by atoms with van der Waals surface area (Å²) < 4.78 is 26.0. The van der Waals surface area contributed by atoms with Crippen molar-refractivity contribution in [3.8, 4) is 0 Å². The first kappa shape index (κ1) is 14.2. The van der Waals surface area contributed by atoms with E-state index in [4.69, 9.17) is 0 Å². The maximum Gasteiger partial charge on any atom is 0.259 e. The van der Waals surface area contributed by atoms with E-state index in [0.717, 1.165) is 12.8 Å². The van der Waals surface area contributed by atoms with Gasteiger partial charge in [-0.3, -0.25) is 5.10 Å². The van der Waals surface area contributed by atoms with E-state index < -0.39 is 10.0 Å². The van der Waals surface area contributed by atoms with Gasteiger partial charge < -0.3 is 0 Å². The second-order valence-corrected chi connectivity index (χ2v) is 5.97. The van der Waals surface area contributed by atoms with Crippen molar-refractivity contribution in [3.05, 3.63) is 12.3 Å². The number of rotatable bonds is 7. The van der Waals surface area contributed by atoms with Crippen LogP contribution in [0.25, 0.3) is 0 Å². The van der Waals surface area contributed by atoms with E-state index in [9.17, 15) is 8.42 Å². The Morgan fingerprint density at radius 2 is 2.00 bits per heavy atom. The van der Waals surface area contributed by atoms with Gasteiger partial charge in [0.25, 0.3) is 10.0 Å². The molecule has 98 valence electrons. The number of nitrogens with one attached hydrogen (secondary N) is 1. The minimum absolute atomic E-state index is 0.172. The average Bonchev–Trinajstić information content (AvgIpc) is 2.84. The molecule has 0 spiro atoms. The van der Waals surface area contributed by atoms with Crippen LogP contribution in [0.5, 0.6) is 0 Å². The summed E-state index contributed by atoms with van der Waals surface area (Å²) in [5.41, 5.74) is 0. The Hall–Kier alpha value is -0.880. The van der Waals surface area contributed by atoms with Gasteiger partial charge in [0, 0.05) is 13.1 Å². The summed E-state index contributed by atoms with van der Waals surface area (Å²) in [6.07, 6.45) is 3.44. The largest absolute Gasteiger partial charge is 0.266 e. The summed E-state index contributed by atoms with van der Waals surface area (Å²) in [6, 6.07) is 1.49. The summed E-state index contributed by atoms with van der Waals surface area (Å²) in [6.45, 7) is 7.09. The summed E-state index contributed by atoms with van der Waals surface area (Å²) in [4.78, 5) is 0. The normalized spacial score (nSPS) is 12.5. The van der Waals surface area contributed by atoms with Gasteiger partial charge in [-0.1, -0.05) is 33.6 Å². The standard InChI is InChI=1S/C11H21N3O2S/c1-4-10(5-2)9-14(6-3)17(15,16)11-7-8-12-13-11/h7-8,10H,4-6,9H2,1-3H3,(H,12,13). The van der Waals surface area contributed by atoms with Gasteiger partial charge in [-0.2, -0.15) is 9.40 Å². The summed E-state index contributed by atoms with van der Waals surface area (Å²) >= 11 is 0. The highest BCUT2D eigenvalue weighted by molar-refractivity contribution is 7.89. The van der Waals surface area contributed by atoms with Crippen LogP contribution < -0.4 is 0 Å². The van der Waals surface area contributed by atoms with E-state index in [1.54, 1.807) is 0 Å². The molecule has 0 amide bonds. The first-order valence-corrected chi connectivity index (χ1v) is 7.49. The minimum atomic E-state index is -3.41. The third-order valence-corrected chi connectivity index (χ3v) is 4.93. The molecule has 0 aliphatic heterocycles. The highest BCUT2D eigenvalue weighted by Crippen LogP contribution is 2.17. The predicted molar refractivity (Wildman–Crippen MR) is 67.1 cm³/mol. The van der Waals surface area contributed by atoms with Crippen LogP contribution in [0.2, 0.25) is 0 Å². The Bertz CT molecular complexity index is 410. The molecule has 0 bridgehead atoms. The summed E-state index contributed by atoms with van der Waals surface area (Å²) in [5, 5.41) is 6.39. The zero-order valence-corrected chi connectivity index (χ0v) is 11.5. The van der Waals surface area contributed by atoms with E-state index in [1.165, 1.54) is 16.6 Å². The monoisotopic (exact) mass is 259 g/mol. The molecule has 0 fully saturated rings. The lowest BCUT2D eigenvalue weighted by Crippen LogP contribution is -2.35. The van der Waals surface area contributed by atoms with Crippen molar-refractivity contribution in [1.82, 2.24) is 14.5 Å². The van der Waals surface area contributed by atoms with Crippen molar-refractivity contribution in [2.45, 2.75) is 38.6 Å². The number of hydrogen-bond acceptors (Lipinski definition) is 3. The molecule has 0 aromatic carbocycles. The molecule has 1 aromatic rings. The zero-order valence-electron chi connectivity index (χ0n) is 10.7. The number of aromatic nitrogens is 2. The highest BCUT2D eigenvalue weighted by atomic mass is 32.2. The van der Waals surface area contributed by atoms with Crippen LogP contribution in [0, 0.1) is 5.92 Å². The molecular formula is C11H21N3O2S. The second kappa shape index (κ2) is 6.16. The van der Waals surface area contributed by atoms with Crippen molar-refractivity contribution >= 4 is 10.0 Å². The number of H-pyrrole nitrogens is 1. The molecule has 0 aliphatic rings.